The van der Waals surface area contributed by atoms with Crippen LogP contribution in [0, 0.1) is 5.92 Å². The molecule has 1 aromatic rings. The van der Waals surface area contributed by atoms with Crippen LogP contribution in [0.3, 0.4) is 0 Å². The van der Waals surface area contributed by atoms with Crippen LogP contribution in [-0.4, -0.2) is 34.6 Å². The number of hydrogen-bond donors (Lipinski definition) is 2. The third-order valence-electron chi connectivity index (χ3n) is 2.56. The zero-order valence-corrected chi connectivity index (χ0v) is 12.5. The lowest BCUT2D eigenvalue weighted by atomic mass is 10.2. The van der Waals surface area contributed by atoms with E-state index in [4.69, 9.17) is 5.11 Å². The minimum absolute atomic E-state index is 0.0654. The highest BCUT2D eigenvalue weighted by atomic mass is 32.1. The summed E-state index contributed by atoms with van der Waals surface area (Å²) < 4.78 is 0. The van der Waals surface area contributed by atoms with Gasteiger partial charge in [0.1, 0.15) is 5.00 Å². The lowest BCUT2D eigenvalue weighted by Gasteiger charge is -2.28. The molecule has 0 radical (unpaired) electrons. The molecule has 0 aliphatic carbocycles. The largest absolute Gasteiger partial charge is 0.478 e. The van der Waals surface area contributed by atoms with Crippen LogP contribution in [0.15, 0.2) is 11.4 Å². The van der Waals surface area contributed by atoms with E-state index in [1.54, 1.807) is 10.3 Å². The first-order valence-corrected chi connectivity index (χ1v) is 7.09. The summed E-state index contributed by atoms with van der Waals surface area (Å²) in [6, 6.07) is 1.30. The predicted molar refractivity (Wildman–Crippen MR) is 77.0 cm³/mol. The molecule has 0 saturated heterocycles. The maximum atomic E-state index is 12.2. The Kier molecular flexibility index (Phi) is 5.35. The van der Waals surface area contributed by atoms with E-state index in [9.17, 15) is 9.59 Å². The fourth-order valence-electron chi connectivity index (χ4n) is 1.67. The highest BCUT2D eigenvalue weighted by molar-refractivity contribution is 7.14. The van der Waals surface area contributed by atoms with Crippen molar-refractivity contribution in [2.45, 2.75) is 33.7 Å². The van der Waals surface area contributed by atoms with Crippen molar-refractivity contribution < 1.29 is 14.7 Å². The molecule has 1 heterocycles. The Balaban J connectivity index is 2.81. The number of nitrogens with zero attached hydrogens (tertiary/aromatic N) is 1. The fourth-order valence-corrected chi connectivity index (χ4v) is 2.43. The maximum absolute atomic E-state index is 12.2. The zero-order chi connectivity index (χ0) is 14.6. The van der Waals surface area contributed by atoms with Gasteiger partial charge in [-0.2, -0.15) is 0 Å². The molecule has 1 aromatic heterocycles. The van der Waals surface area contributed by atoms with Crippen LogP contribution in [0.1, 0.15) is 38.1 Å². The van der Waals surface area contributed by atoms with Crippen molar-refractivity contribution in [2.24, 2.45) is 5.92 Å². The summed E-state index contributed by atoms with van der Waals surface area (Å²) in [5.41, 5.74) is 0.131. The summed E-state index contributed by atoms with van der Waals surface area (Å²) in [4.78, 5) is 24.9. The maximum Gasteiger partial charge on any atom is 0.338 e. The lowest BCUT2D eigenvalue weighted by molar-refractivity contribution is 0.0698. The predicted octanol–water partition coefficient (Wildman–Crippen LogP) is 3.34. The van der Waals surface area contributed by atoms with Gasteiger partial charge >= 0.3 is 12.0 Å². The molecule has 2 amide bonds. The number of carbonyl (C=O) groups is 2. The molecule has 0 aliphatic heterocycles. The van der Waals surface area contributed by atoms with E-state index in [2.05, 4.69) is 5.32 Å². The van der Waals surface area contributed by atoms with Gasteiger partial charge in [0.15, 0.2) is 0 Å². The highest BCUT2D eigenvalue weighted by Gasteiger charge is 2.21. The Bertz CT molecular complexity index is 454. The van der Waals surface area contributed by atoms with Gasteiger partial charge in [0.2, 0.25) is 0 Å². The summed E-state index contributed by atoms with van der Waals surface area (Å²) in [6.45, 7) is 8.59. The number of carboxylic acid groups (broad SMARTS) is 1. The smallest absolute Gasteiger partial charge is 0.338 e. The molecule has 0 aliphatic rings. The topological polar surface area (TPSA) is 69.6 Å². The van der Waals surface area contributed by atoms with E-state index < -0.39 is 5.97 Å². The molecule has 0 bridgehead atoms. The number of anilines is 1. The average Bonchev–Trinajstić information content (AvgIpc) is 2.73. The van der Waals surface area contributed by atoms with Crippen molar-refractivity contribution in [2.75, 3.05) is 11.9 Å². The van der Waals surface area contributed by atoms with Gasteiger partial charge in [0.05, 0.1) is 5.56 Å². The van der Waals surface area contributed by atoms with Crippen LogP contribution >= 0.6 is 11.3 Å². The summed E-state index contributed by atoms with van der Waals surface area (Å²) in [5, 5.41) is 13.7. The molecule has 6 heteroatoms. The summed E-state index contributed by atoms with van der Waals surface area (Å²) >= 11 is 1.21. The zero-order valence-electron chi connectivity index (χ0n) is 11.6. The molecule has 0 unspecified atom stereocenters. The molecule has 0 aromatic carbocycles. The van der Waals surface area contributed by atoms with Crippen molar-refractivity contribution in [3.63, 3.8) is 0 Å². The van der Waals surface area contributed by atoms with Crippen molar-refractivity contribution >= 4 is 28.3 Å². The van der Waals surface area contributed by atoms with Crippen LogP contribution in [-0.2, 0) is 0 Å². The molecule has 0 spiro atoms. The first kappa shape index (κ1) is 15.5. The van der Waals surface area contributed by atoms with Gasteiger partial charge < -0.3 is 10.0 Å². The van der Waals surface area contributed by atoms with Gasteiger partial charge in [-0.1, -0.05) is 13.8 Å². The standard InChI is InChI=1S/C13H20N2O3S/c1-8(2)7-15(9(3)4)13(18)14-11-10(12(16)17)5-6-19-11/h5-6,8-9H,7H2,1-4H3,(H,14,18)(H,16,17). The van der Waals surface area contributed by atoms with Gasteiger partial charge in [0.25, 0.3) is 0 Å². The first-order valence-electron chi connectivity index (χ1n) is 6.21. The lowest BCUT2D eigenvalue weighted by Crippen LogP contribution is -2.42. The molecule has 19 heavy (non-hydrogen) atoms. The normalized spacial score (nSPS) is 10.8. The van der Waals surface area contributed by atoms with Crippen molar-refractivity contribution in [1.82, 2.24) is 4.90 Å². The van der Waals surface area contributed by atoms with Gasteiger partial charge in [-0.3, -0.25) is 5.32 Å². The van der Waals surface area contributed by atoms with Crippen molar-refractivity contribution in [3.8, 4) is 0 Å². The summed E-state index contributed by atoms with van der Waals surface area (Å²) in [5.74, 6) is -0.674. The number of carboxylic acids is 1. The number of nitrogens with one attached hydrogen (secondary N) is 1. The van der Waals surface area contributed by atoms with Crippen LogP contribution in [0.5, 0.6) is 0 Å². The number of carbonyl (C=O) groups excluding carboxylic acids is 1. The third kappa shape index (κ3) is 4.24. The van der Waals surface area contributed by atoms with Gasteiger partial charge in [-0.15, -0.1) is 11.3 Å². The van der Waals surface area contributed by atoms with E-state index in [0.29, 0.717) is 17.5 Å². The number of amides is 2. The van der Waals surface area contributed by atoms with E-state index in [-0.39, 0.29) is 17.6 Å². The third-order valence-corrected chi connectivity index (χ3v) is 3.39. The SMILES string of the molecule is CC(C)CN(C(=O)Nc1sccc1C(=O)O)C(C)C. The monoisotopic (exact) mass is 284 g/mol. The van der Waals surface area contributed by atoms with Crippen LogP contribution in [0.25, 0.3) is 0 Å². The minimum Gasteiger partial charge on any atom is -0.478 e. The Morgan fingerprint density at radius 2 is 2.00 bits per heavy atom. The molecule has 0 atom stereocenters. The molecular formula is C13H20N2O3S. The quantitative estimate of drug-likeness (QED) is 0.871. The second-order valence-electron chi connectivity index (χ2n) is 5.04. The Morgan fingerprint density at radius 3 is 2.47 bits per heavy atom. The molecule has 0 saturated carbocycles. The molecular weight excluding hydrogens is 264 g/mol. The molecule has 0 fully saturated rings. The Hall–Kier alpha value is -1.56. The fraction of sp³-hybridized carbons (Fsp3) is 0.538. The summed E-state index contributed by atoms with van der Waals surface area (Å²) in [6.07, 6.45) is 0. The van der Waals surface area contributed by atoms with Gasteiger partial charge in [0, 0.05) is 12.6 Å². The van der Waals surface area contributed by atoms with Crippen LogP contribution in [0.4, 0.5) is 9.80 Å². The molecule has 2 N–H and O–H groups in total. The van der Waals surface area contributed by atoms with E-state index in [1.807, 2.05) is 27.7 Å². The van der Waals surface area contributed by atoms with E-state index in [0.717, 1.165) is 0 Å². The van der Waals surface area contributed by atoms with Crippen LogP contribution in [0.2, 0.25) is 0 Å². The number of rotatable bonds is 5. The number of urea groups is 1. The van der Waals surface area contributed by atoms with E-state index >= 15 is 0 Å². The number of thiophene rings is 1. The number of aromatic carboxylic acids is 1. The highest BCUT2D eigenvalue weighted by Crippen LogP contribution is 2.23. The minimum atomic E-state index is -1.03. The average molecular weight is 284 g/mol. The molecule has 106 valence electrons. The van der Waals surface area contributed by atoms with E-state index in [1.165, 1.54) is 17.4 Å². The van der Waals surface area contributed by atoms with Crippen molar-refractivity contribution in [1.29, 1.82) is 0 Å². The van der Waals surface area contributed by atoms with Crippen LogP contribution < -0.4 is 5.32 Å². The Morgan fingerprint density at radius 1 is 1.37 bits per heavy atom. The molecule has 1 rings (SSSR count). The molecule has 5 nitrogen and oxygen atoms in total. The van der Waals surface area contributed by atoms with Crippen molar-refractivity contribution in [3.05, 3.63) is 17.0 Å². The number of hydrogen-bond acceptors (Lipinski definition) is 3. The summed E-state index contributed by atoms with van der Waals surface area (Å²) in [7, 11) is 0. The second-order valence-corrected chi connectivity index (χ2v) is 5.95. The Labute approximate surface area is 117 Å². The second kappa shape index (κ2) is 6.56. The van der Waals surface area contributed by atoms with Gasteiger partial charge in [-0.05, 0) is 31.2 Å². The van der Waals surface area contributed by atoms with Gasteiger partial charge in [-0.25, -0.2) is 9.59 Å². The first-order chi connectivity index (χ1) is 8.82.